The second kappa shape index (κ2) is 6.71. The number of carbonyl (C=O) groups is 2. The van der Waals surface area contributed by atoms with Gasteiger partial charge in [0.05, 0.1) is 4.92 Å². The van der Waals surface area contributed by atoms with Gasteiger partial charge in [0.15, 0.2) is 11.9 Å². The van der Waals surface area contributed by atoms with Gasteiger partial charge in [-0.3, -0.25) is 20.2 Å². The van der Waals surface area contributed by atoms with E-state index >= 15 is 0 Å². The third-order valence-electron chi connectivity index (χ3n) is 2.25. The molecule has 0 aromatic heterocycles. The van der Waals surface area contributed by atoms with Crippen LogP contribution in [-0.4, -0.2) is 30.0 Å². The Morgan fingerprint density at radius 1 is 1.45 bits per heavy atom. The number of urea groups is 1. The highest BCUT2D eigenvalue weighted by Gasteiger charge is 2.22. The van der Waals surface area contributed by atoms with Crippen LogP contribution in [0, 0.1) is 10.1 Å². The number of nitro groups is 1. The Labute approximate surface area is 119 Å². The van der Waals surface area contributed by atoms with Crippen molar-refractivity contribution in [3.8, 4) is 5.75 Å². The van der Waals surface area contributed by atoms with Gasteiger partial charge in [-0.05, 0) is 19.1 Å². The van der Waals surface area contributed by atoms with E-state index in [2.05, 4.69) is 5.32 Å². The molecule has 0 fully saturated rings. The molecule has 1 aromatic carbocycles. The van der Waals surface area contributed by atoms with E-state index in [9.17, 15) is 19.7 Å². The molecular formula is C11H12ClN3O5. The molecule has 0 aliphatic carbocycles. The normalized spacial score (nSPS) is 11.3. The predicted octanol–water partition coefficient (Wildman–Crippen LogP) is 1.47. The molecule has 0 heterocycles. The molecule has 2 N–H and O–H groups in total. The number of nitro benzene ring substituents is 1. The number of rotatable bonds is 4. The van der Waals surface area contributed by atoms with Gasteiger partial charge in [-0.1, -0.05) is 11.6 Å². The van der Waals surface area contributed by atoms with Crippen molar-refractivity contribution in [1.29, 1.82) is 0 Å². The summed E-state index contributed by atoms with van der Waals surface area (Å²) in [7, 11) is 1.35. The minimum atomic E-state index is -1.09. The quantitative estimate of drug-likeness (QED) is 0.646. The number of carbonyl (C=O) groups excluding carboxylic acids is 2. The van der Waals surface area contributed by atoms with Gasteiger partial charge in [-0.25, -0.2) is 4.79 Å². The van der Waals surface area contributed by atoms with Crippen LogP contribution in [0.4, 0.5) is 10.5 Å². The van der Waals surface area contributed by atoms with E-state index in [1.165, 1.54) is 26.1 Å². The lowest BCUT2D eigenvalue weighted by Crippen LogP contribution is -2.44. The standard InChI is InChI=1S/C11H12ClN3O5/c1-6(10(16)14-11(17)13-2)20-9-4-3-7(12)5-8(9)15(18)19/h3-6H,1-2H3,(H2,13,14,16,17)/t6-/m0/s1. The second-order valence-corrected chi connectivity index (χ2v) is 4.13. The van der Waals surface area contributed by atoms with Gasteiger partial charge in [0.1, 0.15) is 0 Å². The van der Waals surface area contributed by atoms with Crippen molar-refractivity contribution in [1.82, 2.24) is 10.6 Å². The maximum atomic E-state index is 11.6. The summed E-state index contributed by atoms with van der Waals surface area (Å²) in [5.74, 6) is -0.840. The molecule has 0 bridgehead atoms. The molecule has 0 radical (unpaired) electrons. The molecule has 0 spiro atoms. The summed E-state index contributed by atoms with van der Waals surface area (Å²) in [5, 5.41) is 15.2. The molecule has 108 valence electrons. The summed E-state index contributed by atoms with van der Waals surface area (Å²) in [6.07, 6.45) is -1.09. The Hall–Kier alpha value is -2.35. The Kier molecular flexibility index (Phi) is 5.27. The monoisotopic (exact) mass is 301 g/mol. The van der Waals surface area contributed by atoms with Gasteiger partial charge in [0.2, 0.25) is 0 Å². The minimum absolute atomic E-state index is 0.112. The fraction of sp³-hybridized carbons (Fsp3) is 0.273. The zero-order chi connectivity index (χ0) is 15.3. The molecule has 9 heteroatoms. The molecular weight excluding hydrogens is 290 g/mol. The third kappa shape index (κ3) is 4.09. The van der Waals surface area contributed by atoms with Gasteiger partial charge in [-0.15, -0.1) is 0 Å². The molecule has 0 aliphatic heterocycles. The topological polar surface area (TPSA) is 111 Å². The number of benzene rings is 1. The van der Waals surface area contributed by atoms with Crippen LogP contribution in [0.3, 0.4) is 0 Å². The highest BCUT2D eigenvalue weighted by atomic mass is 35.5. The molecule has 1 atom stereocenters. The lowest BCUT2D eigenvalue weighted by molar-refractivity contribution is -0.386. The van der Waals surface area contributed by atoms with Gasteiger partial charge in [0, 0.05) is 18.1 Å². The molecule has 8 nitrogen and oxygen atoms in total. The summed E-state index contributed by atoms with van der Waals surface area (Å²) in [6.45, 7) is 1.36. The van der Waals surface area contributed by atoms with Crippen LogP contribution in [0.1, 0.15) is 6.92 Å². The maximum absolute atomic E-state index is 11.6. The number of nitrogens with one attached hydrogen (secondary N) is 2. The smallest absolute Gasteiger partial charge is 0.321 e. The lowest BCUT2D eigenvalue weighted by Gasteiger charge is -2.14. The van der Waals surface area contributed by atoms with Crippen LogP contribution in [0.15, 0.2) is 18.2 Å². The van der Waals surface area contributed by atoms with E-state index in [0.717, 1.165) is 6.07 Å². The fourth-order valence-electron chi connectivity index (χ4n) is 1.25. The van der Waals surface area contributed by atoms with Crippen molar-refractivity contribution < 1.29 is 19.2 Å². The average molecular weight is 302 g/mol. The van der Waals surface area contributed by atoms with Crippen LogP contribution >= 0.6 is 11.6 Å². The summed E-state index contributed by atoms with van der Waals surface area (Å²) < 4.78 is 5.18. The first kappa shape index (κ1) is 15.7. The first-order valence-corrected chi connectivity index (χ1v) is 5.86. The van der Waals surface area contributed by atoms with E-state index < -0.39 is 23.0 Å². The third-order valence-corrected chi connectivity index (χ3v) is 2.49. The van der Waals surface area contributed by atoms with Crippen LogP contribution in [0.5, 0.6) is 5.75 Å². The van der Waals surface area contributed by atoms with Crippen LogP contribution in [0.2, 0.25) is 5.02 Å². The maximum Gasteiger partial charge on any atom is 0.321 e. The van der Waals surface area contributed by atoms with E-state index in [-0.39, 0.29) is 16.5 Å². The summed E-state index contributed by atoms with van der Waals surface area (Å²) >= 11 is 5.66. The number of nitrogens with zero attached hydrogens (tertiary/aromatic N) is 1. The van der Waals surface area contributed by atoms with Crippen molar-refractivity contribution >= 4 is 29.2 Å². The zero-order valence-corrected chi connectivity index (χ0v) is 11.4. The number of ether oxygens (including phenoxy) is 1. The summed E-state index contributed by atoms with van der Waals surface area (Å²) in [6, 6.07) is 3.09. The molecule has 20 heavy (non-hydrogen) atoms. The van der Waals surface area contributed by atoms with Crippen molar-refractivity contribution in [2.24, 2.45) is 0 Å². The van der Waals surface area contributed by atoms with Crippen molar-refractivity contribution in [3.05, 3.63) is 33.3 Å². The molecule has 0 aliphatic rings. The fourth-order valence-corrected chi connectivity index (χ4v) is 1.42. The van der Waals surface area contributed by atoms with E-state index in [1.807, 2.05) is 5.32 Å². The summed E-state index contributed by atoms with van der Waals surface area (Å²) in [4.78, 5) is 32.7. The Morgan fingerprint density at radius 2 is 2.10 bits per heavy atom. The number of hydrogen-bond acceptors (Lipinski definition) is 5. The first-order chi connectivity index (χ1) is 9.35. The van der Waals surface area contributed by atoms with Gasteiger partial charge < -0.3 is 10.1 Å². The molecule has 3 amide bonds. The number of halogens is 1. The highest BCUT2D eigenvalue weighted by Crippen LogP contribution is 2.30. The van der Waals surface area contributed by atoms with Crippen LogP contribution < -0.4 is 15.4 Å². The lowest BCUT2D eigenvalue weighted by atomic mass is 10.3. The minimum Gasteiger partial charge on any atom is -0.474 e. The first-order valence-electron chi connectivity index (χ1n) is 5.48. The van der Waals surface area contributed by atoms with Gasteiger partial charge in [0.25, 0.3) is 5.91 Å². The Morgan fingerprint density at radius 3 is 2.65 bits per heavy atom. The average Bonchev–Trinajstić information content (AvgIpc) is 2.40. The van der Waals surface area contributed by atoms with Crippen molar-refractivity contribution in [2.45, 2.75) is 13.0 Å². The molecule has 1 aromatic rings. The molecule has 0 saturated heterocycles. The Bertz CT molecular complexity index is 549. The SMILES string of the molecule is CNC(=O)NC(=O)[C@H](C)Oc1ccc(Cl)cc1[N+](=O)[O-]. The number of amides is 3. The van der Waals surface area contributed by atoms with Crippen LogP contribution in [0.25, 0.3) is 0 Å². The summed E-state index contributed by atoms with van der Waals surface area (Å²) in [5.41, 5.74) is -0.364. The number of hydrogen-bond donors (Lipinski definition) is 2. The van der Waals surface area contributed by atoms with E-state index in [4.69, 9.17) is 16.3 Å². The van der Waals surface area contributed by atoms with E-state index in [1.54, 1.807) is 0 Å². The van der Waals surface area contributed by atoms with Gasteiger partial charge in [-0.2, -0.15) is 0 Å². The molecule has 1 rings (SSSR count). The zero-order valence-electron chi connectivity index (χ0n) is 10.7. The highest BCUT2D eigenvalue weighted by molar-refractivity contribution is 6.30. The molecule has 0 saturated carbocycles. The Balaban J connectivity index is 2.85. The largest absolute Gasteiger partial charge is 0.474 e. The predicted molar refractivity (Wildman–Crippen MR) is 70.8 cm³/mol. The van der Waals surface area contributed by atoms with Crippen molar-refractivity contribution in [3.63, 3.8) is 0 Å². The van der Waals surface area contributed by atoms with Crippen LogP contribution in [-0.2, 0) is 4.79 Å². The number of imide groups is 1. The van der Waals surface area contributed by atoms with E-state index in [0.29, 0.717) is 0 Å². The molecule has 0 unspecified atom stereocenters. The second-order valence-electron chi connectivity index (χ2n) is 3.70. The van der Waals surface area contributed by atoms with Gasteiger partial charge >= 0.3 is 11.7 Å². The van der Waals surface area contributed by atoms with Crippen molar-refractivity contribution in [2.75, 3.05) is 7.05 Å².